The van der Waals surface area contributed by atoms with Crippen LogP contribution in [0.2, 0.25) is 0 Å². The van der Waals surface area contributed by atoms with Gasteiger partial charge in [0, 0.05) is 25.4 Å². The SMILES string of the molecule is COCCNC(=O)Cc1ccc(NS(=O)(=O)c2ccc(OC)c(OC)c2)cc1. The number of amides is 1. The highest BCUT2D eigenvalue weighted by Gasteiger charge is 2.17. The minimum Gasteiger partial charge on any atom is -0.493 e. The Kier molecular flexibility index (Phi) is 7.65. The first kappa shape index (κ1) is 21.5. The lowest BCUT2D eigenvalue weighted by Crippen LogP contribution is -2.28. The van der Waals surface area contributed by atoms with E-state index in [-0.39, 0.29) is 17.2 Å². The lowest BCUT2D eigenvalue weighted by molar-refractivity contribution is -0.120. The Bertz CT molecular complexity index is 897. The minimum absolute atomic E-state index is 0.0479. The van der Waals surface area contributed by atoms with Crippen molar-refractivity contribution in [3.63, 3.8) is 0 Å². The number of anilines is 1. The van der Waals surface area contributed by atoms with Crippen LogP contribution in [0.25, 0.3) is 0 Å². The smallest absolute Gasteiger partial charge is 0.262 e. The number of methoxy groups -OCH3 is 3. The first-order valence-corrected chi connectivity index (χ1v) is 9.97. The van der Waals surface area contributed by atoms with Crippen LogP contribution < -0.4 is 19.5 Å². The number of hydrogen-bond donors (Lipinski definition) is 2. The molecule has 0 bridgehead atoms. The summed E-state index contributed by atoms with van der Waals surface area (Å²) in [5, 5.41) is 2.73. The number of carbonyl (C=O) groups is 1. The standard InChI is InChI=1S/C19H24N2O6S/c1-25-11-10-20-19(22)12-14-4-6-15(7-5-14)21-28(23,24)16-8-9-17(26-2)18(13-16)27-3/h4-9,13,21H,10-12H2,1-3H3,(H,20,22). The van der Waals surface area contributed by atoms with Gasteiger partial charge in [-0.15, -0.1) is 0 Å². The number of nitrogens with one attached hydrogen (secondary N) is 2. The van der Waals surface area contributed by atoms with Crippen molar-refractivity contribution in [1.29, 1.82) is 0 Å². The molecule has 0 atom stereocenters. The van der Waals surface area contributed by atoms with E-state index in [1.165, 1.54) is 32.4 Å². The normalized spacial score (nSPS) is 11.0. The van der Waals surface area contributed by atoms with Crippen molar-refractivity contribution in [2.45, 2.75) is 11.3 Å². The van der Waals surface area contributed by atoms with Gasteiger partial charge < -0.3 is 19.5 Å². The Morgan fingerprint density at radius 1 is 0.964 bits per heavy atom. The zero-order valence-electron chi connectivity index (χ0n) is 16.0. The van der Waals surface area contributed by atoms with Crippen molar-refractivity contribution in [2.75, 3.05) is 39.2 Å². The summed E-state index contributed by atoms with van der Waals surface area (Å²) >= 11 is 0. The van der Waals surface area contributed by atoms with Gasteiger partial charge in [-0.3, -0.25) is 9.52 Å². The topological polar surface area (TPSA) is 103 Å². The third-order valence-corrected chi connectivity index (χ3v) is 5.24. The maximum atomic E-state index is 12.6. The van der Waals surface area contributed by atoms with Gasteiger partial charge in [-0.05, 0) is 29.8 Å². The first-order chi connectivity index (χ1) is 13.4. The highest BCUT2D eigenvalue weighted by atomic mass is 32.2. The van der Waals surface area contributed by atoms with E-state index >= 15 is 0 Å². The van der Waals surface area contributed by atoms with Gasteiger partial charge in [-0.2, -0.15) is 0 Å². The molecule has 152 valence electrons. The van der Waals surface area contributed by atoms with E-state index in [1.54, 1.807) is 31.4 Å². The zero-order valence-corrected chi connectivity index (χ0v) is 16.8. The molecule has 2 N–H and O–H groups in total. The second kappa shape index (κ2) is 9.95. The summed E-state index contributed by atoms with van der Waals surface area (Å²) in [6.07, 6.45) is 0.201. The number of benzene rings is 2. The average molecular weight is 408 g/mol. The van der Waals surface area contributed by atoms with Crippen LogP contribution in [0.5, 0.6) is 11.5 Å². The van der Waals surface area contributed by atoms with E-state index in [9.17, 15) is 13.2 Å². The largest absolute Gasteiger partial charge is 0.493 e. The molecule has 2 aromatic rings. The fraction of sp³-hybridized carbons (Fsp3) is 0.316. The van der Waals surface area contributed by atoms with Gasteiger partial charge in [-0.25, -0.2) is 8.42 Å². The molecular weight excluding hydrogens is 384 g/mol. The van der Waals surface area contributed by atoms with E-state index in [0.717, 1.165) is 5.56 Å². The Morgan fingerprint density at radius 3 is 2.25 bits per heavy atom. The summed E-state index contributed by atoms with van der Waals surface area (Å²) in [7, 11) is 0.675. The fourth-order valence-corrected chi connectivity index (χ4v) is 3.50. The number of sulfonamides is 1. The van der Waals surface area contributed by atoms with E-state index < -0.39 is 10.0 Å². The summed E-state index contributed by atoms with van der Waals surface area (Å²) in [6.45, 7) is 0.890. The van der Waals surface area contributed by atoms with Crippen molar-refractivity contribution in [2.24, 2.45) is 0 Å². The van der Waals surface area contributed by atoms with Crippen LogP contribution >= 0.6 is 0 Å². The molecule has 8 nitrogen and oxygen atoms in total. The maximum Gasteiger partial charge on any atom is 0.262 e. The lowest BCUT2D eigenvalue weighted by Gasteiger charge is -2.12. The molecule has 0 heterocycles. The molecule has 0 spiro atoms. The molecular formula is C19H24N2O6S. The van der Waals surface area contributed by atoms with Crippen LogP contribution in [-0.2, 0) is 26.0 Å². The van der Waals surface area contributed by atoms with E-state index in [4.69, 9.17) is 14.2 Å². The number of ether oxygens (including phenoxy) is 3. The lowest BCUT2D eigenvalue weighted by atomic mass is 10.1. The monoisotopic (exact) mass is 408 g/mol. The van der Waals surface area contributed by atoms with Crippen molar-refractivity contribution in [3.05, 3.63) is 48.0 Å². The van der Waals surface area contributed by atoms with Crippen molar-refractivity contribution >= 4 is 21.6 Å². The Morgan fingerprint density at radius 2 is 1.64 bits per heavy atom. The number of carbonyl (C=O) groups excluding carboxylic acids is 1. The summed E-state index contributed by atoms with van der Waals surface area (Å²) in [5.41, 5.74) is 1.15. The van der Waals surface area contributed by atoms with Crippen LogP contribution in [0.1, 0.15) is 5.56 Å². The molecule has 9 heteroatoms. The zero-order chi connectivity index (χ0) is 20.6. The molecule has 2 aromatic carbocycles. The summed E-state index contributed by atoms with van der Waals surface area (Å²) < 4.78 is 42.8. The fourth-order valence-electron chi connectivity index (χ4n) is 2.43. The molecule has 0 aliphatic carbocycles. The van der Waals surface area contributed by atoms with Crippen LogP contribution in [0.3, 0.4) is 0 Å². The summed E-state index contributed by atoms with van der Waals surface area (Å²) in [5.74, 6) is 0.630. The molecule has 2 rings (SSSR count). The molecule has 0 saturated heterocycles. The molecule has 0 aliphatic rings. The van der Waals surface area contributed by atoms with Crippen LogP contribution in [0.4, 0.5) is 5.69 Å². The molecule has 0 saturated carbocycles. The molecule has 0 radical (unpaired) electrons. The predicted molar refractivity (Wildman–Crippen MR) is 105 cm³/mol. The van der Waals surface area contributed by atoms with E-state index in [2.05, 4.69) is 10.0 Å². The minimum atomic E-state index is -3.80. The number of rotatable bonds is 10. The first-order valence-electron chi connectivity index (χ1n) is 8.49. The highest BCUT2D eigenvalue weighted by molar-refractivity contribution is 7.92. The highest BCUT2D eigenvalue weighted by Crippen LogP contribution is 2.30. The Balaban J connectivity index is 2.05. The van der Waals surface area contributed by atoms with Gasteiger partial charge in [0.15, 0.2) is 11.5 Å². The van der Waals surface area contributed by atoms with Gasteiger partial charge in [0.1, 0.15) is 0 Å². The molecule has 0 aliphatic heterocycles. The summed E-state index contributed by atoms with van der Waals surface area (Å²) in [4.78, 5) is 11.8. The van der Waals surface area contributed by atoms with E-state index in [1.807, 2.05) is 0 Å². The average Bonchev–Trinajstić information content (AvgIpc) is 2.69. The van der Waals surface area contributed by atoms with Crippen molar-refractivity contribution < 1.29 is 27.4 Å². The summed E-state index contributed by atoms with van der Waals surface area (Å²) in [6, 6.07) is 11.0. The predicted octanol–water partition coefficient (Wildman–Crippen LogP) is 1.81. The van der Waals surface area contributed by atoms with Gasteiger partial charge >= 0.3 is 0 Å². The van der Waals surface area contributed by atoms with Crippen LogP contribution in [0.15, 0.2) is 47.4 Å². The Hall–Kier alpha value is -2.78. The third kappa shape index (κ3) is 5.86. The molecule has 28 heavy (non-hydrogen) atoms. The van der Waals surface area contributed by atoms with Crippen molar-refractivity contribution in [1.82, 2.24) is 5.32 Å². The van der Waals surface area contributed by atoms with E-state index in [0.29, 0.717) is 30.3 Å². The maximum absolute atomic E-state index is 12.6. The molecule has 0 fully saturated rings. The second-order valence-corrected chi connectivity index (χ2v) is 7.52. The van der Waals surface area contributed by atoms with Gasteiger partial charge in [0.2, 0.25) is 5.91 Å². The van der Waals surface area contributed by atoms with Gasteiger partial charge in [0.05, 0.1) is 32.1 Å². The van der Waals surface area contributed by atoms with Gasteiger partial charge in [-0.1, -0.05) is 12.1 Å². The Labute approximate surface area is 164 Å². The van der Waals surface area contributed by atoms with Crippen molar-refractivity contribution in [3.8, 4) is 11.5 Å². The van der Waals surface area contributed by atoms with Gasteiger partial charge in [0.25, 0.3) is 10.0 Å². The van der Waals surface area contributed by atoms with Crippen LogP contribution in [0, 0.1) is 0 Å². The third-order valence-electron chi connectivity index (χ3n) is 3.86. The quantitative estimate of drug-likeness (QED) is 0.581. The van der Waals surface area contributed by atoms with Crippen LogP contribution in [-0.4, -0.2) is 48.8 Å². The number of hydrogen-bond acceptors (Lipinski definition) is 6. The molecule has 0 unspecified atom stereocenters. The molecule has 0 aromatic heterocycles. The molecule has 1 amide bonds. The second-order valence-electron chi connectivity index (χ2n) is 5.84.